The summed E-state index contributed by atoms with van der Waals surface area (Å²) in [5.41, 5.74) is 6.49. The Morgan fingerprint density at radius 3 is 3.33 bits per heavy atom. The Balaban J connectivity index is 2.30. The summed E-state index contributed by atoms with van der Waals surface area (Å²) in [6, 6.07) is 0. The predicted octanol–water partition coefficient (Wildman–Crippen LogP) is -0.564. The van der Waals surface area contributed by atoms with E-state index in [-0.39, 0.29) is 6.17 Å². The number of rotatable bonds is 1. The van der Waals surface area contributed by atoms with Crippen molar-refractivity contribution < 1.29 is 0 Å². The van der Waals surface area contributed by atoms with Crippen LogP contribution in [0.1, 0.15) is 6.92 Å². The van der Waals surface area contributed by atoms with Gasteiger partial charge in [0.25, 0.3) is 0 Å². The molecule has 5 nitrogen and oxygen atoms in total. The number of likely N-dealkylation sites (N-methyl/N-ethyl adjacent to an activating group) is 1. The standard InChI is InChI=1S/C7H11N5/c1-2-12-4-11-5-6(8)9-3-10-7(5)12/h3-4,7H,2,8H2,1H3,(H,9,10). The highest BCUT2D eigenvalue weighted by Gasteiger charge is 2.27. The van der Waals surface area contributed by atoms with Gasteiger partial charge >= 0.3 is 0 Å². The van der Waals surface area contributed by atoms with E-state index in [1.54, 1.807) is 12.7 Å². The molecule has 2 aliphatic rings. The number of nitrogens with one attached hydrogen (secondary N) is 1. The molecule has 3 N–H and O–H groups in total. The molecule has 0 aromatic carbocycles. The van der Waals surface area contributed by atoms with E-state index in [9.17, 15) is 0 Å². The molecule has 2 heterocycles. The van der Waals surface area contributed by atoms with E-state index in [0.717, 1.165) is 12.2 Å². The fraction of sp³-hybridized carbons (Fsp3) is 0.429. The summed E-state index contributed by atoms with van der Waals surface area (Å²) in [5.74, 6) is 0.599. The Kier molecular flexibility index (Phi) is 1.49. The third-order valence-electron chi connectivity index (χ3n) is 1.98. The molecule has 0 aromatic heterocycles. The zero-order valence-corrected chi connectivity index (χ0v) is 6.86. The van der Waals surface area contributed by atoms with Crippen LogP contribution in [0.5, 0.6) is 0 Å². The van der Waals surface area contributed by atoms with Crippen molar-refractivity contribution >= 4 is 12.7 Å². The second-order valence-corrected chi connectivity index (χ2v) is 2.67. The normalized spacial score (nSPS) is 26.1. The van der Waals surface area contributed by atoms with Crippen LogP contribution in [0.4, 0.5) is 0 Å². The van der Waals surface area contributed by atoms with Crippen molar-refractivity contribution in [2.24, 2.45) is 15.7 Å². The largest absolute Gasteiger partial charge is 0.384 e. The summed E-state index contributed by atoms with van der Waals surface area (Å²) >= 11 is 0. The molecule has 0 radical (unpaired) electrons. The molecule has 1 atom stereocenters. The van der Waals surface area contributed by atoms with Crippen molar-refractivity contribution in [2.45, 2.75) is 13.1 Å². The van der Waals surface area contributed by atoms with Gasteiger partial charge in [-0.3, -0.25) is 0 Å². The van der Waals surface area contributed by atoms with Gasteiger partial charge in [0, 0.05) is 6.54 Å². The maximum Gasteiger partial charge on any atom is 0.170 e. The first-order valence-electron chi connectivity index (χ1n) is 3.90. The van der Waals surface area contributed by atoms with Crippen LogP contribution >= 0.6 is 0 Å². The summed E-state index contributed by atoms with van der Waals surface area (Å²) in [7, 11) is 0. The van der Waals surface area contributed by atoms with Gasteiger partial charge in [0.15, 0.2) is 6.17 Å². The van der Waals surface area contributed by atoms with Crippen molar-refractivity contribution in [3.63, 3.8) is 0 Å². The second kappa shape index (κ2) is 2.51. The van der Waals surface area contributed by atoms with Crippen LogP contribution in [0.2, 0.25) is 0 Å². The van der Waals surface area contributed by atoms with Gasteiger partial charge in [-0.1, -0.05) is 0 Å². The lowest BCUT2D eigenvalue weighted by molar-refractivity contribution is 0.396. The molecule has 12 heavy (non-hydrogen) atoms. The first-order valence-corrected chi connectivity index (χ1v) is 3.90. The molecule has 0 amide bonds. The zero-order valence-electron chi connectivity index (χ0n) is 6.86. The molecule has 0 aromatic rings. The minimum absolute atomic E-state index is 0.00347. The maximum absolute atomic E-state index is 5.67. The third-order valence-corrected chi connectivity index (χ3v) is 1.98. The minimum atomic E-state index is -0.00347. The molecule has 2 rings (SSSR count). The Morgan fingerprint density at radius 1 is 1.75 bits per heavy atom. The highest BCUT2D eigenvalue weighted by atomic mass is 15.3. The first kappa shape index (κ1) is 7.15. The molecule has 0 saturated carbocycles. The Morgan fingerprint density at radius 2 is 2.58 bits per heavy atom. The van der Waals surface area contributed by atoms with Gasteiger partial charge < -0.3 is 16.0 Å². The quantitative estimate of drug-likeness (QED) is 0.547. The molecule has 0 aliphatic carbocycles. The number of nitrogens with two attached hydrogens (primary N) is 1. The van der Waals surface area contributed by atoms with Crippen molar-refractivity contribution in [1.29, 1.82) is 0 Å². The highest BCUT2D eigenvalue weighted by Crippen LogP contribution is 2.20. The van der Waals surface area contributed by atoms with E-state index in [1.165, 1.54) is 0 Å². The van der Waals surface area contributed by atoms with E-state index in [1.807, 2.05) is 4.90 Å². The number of hydrogen-bond acceptors (Lipinski definition) is 5. The summed E-state index contributed by atoms with van der Waals surface area (Å²) in [6.45, 7) is 2.95. The predicted molar refractivity (Wildman–Crippen MR) is 47.5 cm³/mol. The molecular weight excluding hydrogens is 154 g/mol. The highest BCUT2D eigenvalue weighted by molar-refractivity contribution is 5.68. The molecule has 0 bridgehead atoms. The van der Waals surface area contributed by atoms with Crippen LogP contribution in [0.25, 0.3) is 0 Å². The van der Waals surface area contributed by atoms with Gasteiger partial charge in [-0.2, -0.15) is 0 Å². The van der Waals surface area contributed by atoms with Crippen LogP contribution < -0.4 is 11.1 Å². The Hall–Kier alpha value is -1.52. The van der Waals surface area contributed by atoms with Crippen LogP contribution in [0.3, 0.4) is 0 Å². The van der Waals surface area contributed by atoms with Gasteiger partial charge in [-0.05, 0) is 6.92 Å². The van der Waals surface area contributed by atoms with Gasteiger partial charge in [0.05, 0.1) is 12.7 Å². The summed E-state index contributed by atoms with van der Waals surface area (Å²) in [6.07, 6.45) is 3.38. The van der Waals surface area contributed by atoms with Crippen LogP contribution in [0.15, 0.2) is 21.5 Å². The zero-order chi connectivity index (χ0) is 8.55. The first-order chi connectivity index (χ1) is 5.83. The summed E-state index contributed by atoms with van der Waals surface area (Å²) in [4.78, 5) is 10.4. The topological polar surface area (TPSA) is 66.0 Å². The van der Waals surface area contributed by atoms with Crippen molar-refractivity contribution in [3.8, 4) is 0 Å². The molecule has 5 heteroatoms. The van der Waals surface area contributed by atoms with E-state index in [2.05, 4.69) is 22.2 Å². The monoisotopic (exact) mass is 165 g/mol. The third kappa shape index (κ3) is 0.861. The van der Waals surface area contributed by atoms with Crippen molar-refractivity contribution in [2.75, 3.05) is 6.54 Å². The lowest BCUT2D eigenvalue weighted by Crippen LogP contribution is -2.36. The molecule has 64 valence electrons. The number of hydrogen-bond donors (Lipinski definition) is 2. The van der Waals surface area contributed by atoms with Gasteiger partial charge in [0.2, 0.25) is 0 Å². The van der Waals surface area contributed by atoms with Crippen LogP contribution in [-0.2, 0) is 0 Å². The number of aliphatic imine (C=N–C) groups is 2. The minimum Gasteiger partial charge on any atom is -0.384 e. The lowest BCUT2D eigenvalue weighted by atomic mass is 10.3. The van der Waals surface area contributed by atoms with E-state index in [0.29, 0.717) is 5.82 Å². The summed E-state index contributed by atoms with van der Waals surface area (Å²) < 4.78 is 0. The van der Waals surface area contributed by atoms with E-state index < -0.39 is 0 Å². The van der Waals surface area contributed by atoms with Gasteiger partial charge in [-0.25, -0.2) is 9.98 Å². The molecule has 1 unspecified atom stereocenters. The van der Waals surface area contributed by atoms with Crippen LogP contribution in [-0.4, -0.2) is 30.3 Å². The number of nitrogens with zero attached hydrogens (tertiary/aromatic N) is 3. The van der Waals surface area contributed by atoms with Crippen molar-refractivity contribution in [3.05, 3.63) is 11.5 Å². The maximum atomic E-state index is 5.67. The molecule has 0 fully saturated rings. The van der Waals surface area contributed by atoms with Gasteiger partial charge in [-0.15, -0.1) is 0 Å². The molecular formula is C7H11N5. The lowest BCUT2D eigenvalue weighted by Gasteiger charge is -2.22. The smallest absolute Gasteiger partial charge is 0.170 e. The number of fused-ring (bicyclic) bond motifs is 1. The Bertz CT molecular complexity index is 278. The van der Waals surface area contributed by atoms with E-state index >= 15 is 0 Å². The SMILES string of the molecule is CCN1C=NC2=C(N)NC=NC21. The molecule has 2 aliphatic heterocycles. The summed E-state index contributed by atoms with van der Waals surface area (Å²) in [5, 5.41) is 2.82. The Labute approximate surface area is 70.7 Å². The fourth-order valence-electron chi connectivity index (χ4n) is 1.29. The van der Waals surface area contributed by atoms with Gasteiger partial charge in [0.1, 0.15) is 11.5 Å². The van der Waals surface area contributed by atoms with E-state index in [4.69, 9.17) is 5.73 Å². The van der Waals surface area contributed by atoms with Crippen LogP contribution in [0, 0.1) is 0 Å². The average Bonchev–Trinajstić information content (AvgIpc) is 2.49. The fourth-order valence-corrected chi connectivity index (χ4v) is 1.29. The molecule has 0 saturated heterocycles. The average molecular weight is 165 g/mol. The van der Waals surface area contributed by atoms with Crippen molar-refractivity contribution in [1.82, 2.24) is 10.2 Å². The molecule has 0 spiro atoms. The second-order valence-electron chi connectivity index (χ2n) is 2.67.